The van der Waals surface area contributed by atoms with Crippen LogP contribution in [0.3, 0.4) is 0 Å². The molecule has 6 heteroatoms. The fraction of sp³-hybridized carbons (Fsp3) is 0.267. The Morgan fingerprint density at radius 1 is 0.806 bits per heavy atom. The smallest absolute Gasteiger partial charge is 0.339 e. The van der Waals surface area contributed by atoms with Gasteiger partial charge in [0.2, 0.25) is 0 Å². The van der Waals surface area contributed by atoms with E-state index in [1.54, 1.807) is 0 Å². The van der Waals surface area contributed by atoms with Crippen LogP contribution in [0.5, 0.6) is 0 Å². The zero-order valence-electron chi connectivity index (χ0n) is 21.0. The van der Waals surface area contributed by atoms with Crippen LogP contribution in [0.2, 0.25) is 0 Å². The van der Waals surface area contributed by atoms with E-state index in [4.69, 9.17) is 9.47 Å². The second-order valence-corrected chi connectivity index (χ2v) is 9.12. The molecule has 1 aliphatic rings. The summed E-state index contributed by atoms with van der Waals surface area (Å²) in [5, 5.41) is 11.5. The summed E-state index contributed by atoms with van der Waals surface area (Å²) in [5.41, 5.74) is 4.82. The molecule has 0 aromatic heterocycles. The lowest BCUT2D eigenvalue weighted by Crippen LogP contribution is -2.47. The number of aliphatic hydroxyl groups is 1. The molecule has 3 aromatic rings. The number of hydrogen-bond acceptors (Lipinski definition) is 6. The molecule has 0 radical (unpaired) electrons. The average Bonchev–Trinajstić information content (AvgIpc) is 2.90. The average molecular weight is 486 g/mol. The largest absolute Gasteiger partial charge is 0.511 e. The van der Waals surface area contributed by atoms with Gasteiger partial charge in [0.25, 0.3) is 0 Å². The van der Waals surface area contributed by atoms with Crippen molar-refractivity contribution in [3.63, 3.8) is 0 Å². The third kappa shape index (κ3) is 4.90. The maximum absolute atomic E-state index is 13.2. The van der Waals surface area contributed by atoms with Gasteiger partial charge >= 0.3 is 11.9 Å². The maximum atomic E-state index is 13.2. The number of rotatable bonds is 6. The number of esters is 2. The first kappa shape index (κ1) is 25.2. The van der Waals surface area contributed by atoms with Crippen molar-refractivity contribution in [3.8, 4) is 0 Å². The van der Waals surface area contributed by atoms with Crippen molar-refractivity contribution in [1.29, 1.82) is 0 Å². The first-order valence-electron chi connectivity index (χ1n) is 11.9. The molecule has 0 aliphatic carbocycles. The van der Waals surface area contributed by atoms with Gasteiger partial charge in [0.05, 0.1) is 31.9 Å². The molecule has 186 valence electrons. The number of nitrogens with zero attached hydrogens (tertiary/aromatic N) is 1. The molecular formula is C30H31NO5. The van der Waals surface area contributed by atoms with Crippen LogP contribution < -0.4 is 0 Å². The topological polar surface area (TPSA) is 76.1 Å². The number of methoxy groups -OCH3 is 2. The van der Waals surface area contributed by atoms with Crippen molar-refractivity contribution in [2.45, 2.75) is 32.5 Å². The molecule has 3 aromatic carbocycles. The van der Waals surface area contributed by atoms with Crippen molar-refractivity contribution >= 4 is 11.9 Å². The van der Waals surface area contributed by atoms with Gasteiger partial charge in [0.15, 0.2) is 0 Å². The Labute approximate surface area is 211 Å². The molecule has 0 amide bonds. The van der Waals surface area contributed by atoms with Crippen molar-refractivity contribution in [2.75, 3.05) is 14.2 Å². The molecule has 0 saturated heterocycles. The van der Waals surface area contributed by atoms with Crippen LogP contribution in [-0.4, -0.2) is 36.2 Å². The molecule has 36 heavy (non-hydrogen) atoms. The van der Waals surface area contributed by atoms with Gasteiger partial charge in [0, 0.05) is 6.54 Å². The number of hydrogen-bond donors (Lipinski definition) is 1. The van der Waals surface area contributed by atoms with Gasteiger partial charge in [-0.1, -0.05) is 90.0 Å². The van der Waals surface area contributed by atoms with Gasteiger partial charge in [-0.05, 0) is 30.5 Å². The predicted molar refractivity (Wildman–Crippen MR) is 137 cm³/mol. The molecule has 0 saturated carbocycles. The van der Waals surface area contributed by atoms with Gasteiger partial charge in [-0.15, -0.1) is 0 Å². The number of ether oxygens (including phenoxy) is 2. The van der Waals surface area contributed by atoms with Crippen LogP contribution in [-0.2, 0) is 25.6 Å². The standard InChI is InChI=1S/C30H31NO5/c1-19-10-14-22(15-11-19)26-24(29(33)35-3)28(32)25(30(34)36-4)27(23-16-12-20(2)13-17-23)31(26)18-21-8-6-5-7-9-21/h5-17,24,26-27,32H,18H2,1-4H3. The summed E-state index contributed by atoms with van der Waals surface area (Å²) in [6.07, 6.45) is 0. The fourth-order valence-corrected chi connectivity index (χ4v) is 4.91. The quantitative estimate of drug-likeness (QED) is 0.473. The zero-order chi connectivity index (χ0) is 25.8. The van der Waals surface area contributed by atoms with Crippen LogP contribution in [0.15, 0.2) is 90.2 Å². The lowest BCUT2D eigenvalue weighted by molar-refractivity contribution is -0.150. The van der Waals surface area contributed by atoms with E-state index in [9.17, 15) is 14.7 Å². The maximum Gasteiger partial charge on any atom is 0.339 e. The summed E-state index contributed by atoms with van der Waals surface area (Å²) < 4.78 is 10.3. The van der Waals surface area contributed by atoms with Gasteiger partial charge in [-0.2, -0.15) is 0 Å². The first-order chi connectivity index (χ1) is 17.3. The Bertz CT molecular complexity index is 1250. The molecule has 4 rings (SSSR count). The highest BCUT2D eigenvalue weighted by molar-refractivity contribution is 5.93. The van der Waals surface area contributed by atoms with E-state index < -0.39 is 29.9 Å². The molecule has 3 atom stereocenters. The monoisotopic (exact) mass is 485 g/mol. The number of aryl methyl sites for hydroxylation is 2. The van der Waals surface area contributed by atoms with E-state index in [1.807, 2.05) is 92.7 Å². The summed E-state index contributed by atoms with van der Waals surface area (Å²) in [6, 6.07) is 24.3. The minimum atomic E-state index is -1.11. The van der Waals surface area contributed by atoms with E-state index in [2.05, 4.69) is 4.90 Å². The second-order valence-electron chi connectivity index (χ2n) is 9.12. The van der Waals surface area contributed by atoms with Crippen molar-refractivity contribution in [1.82, 2.24) is 4.90 Å². The zero-order valence-corrected chi connectivity index (χ0v) is 21.0. The summed E-state index contributed by atoms with van der Waals surface area (Å²) in [6.45, 7) is 4.40. The number of aliphatic hydroxyl groups excluding tert-OH is 1. The number of benzene rings is 3. The highest BCUT2D eigenvalue weighted by Gasteiger charge is 2.50. The second kappa shape index (κ2) is 10.8. The normalized spacial score (nSPS) is 20.2. The summed E-state index contributed by atoms with van der Waals surface area (Å²) in [5.74, 6) is -2.75. The lowest BCUT2D eigenvalue weighted by atomic mass is 9.78. The van der Waals surface area contributed by atoms with E-state index >= 15 is 0 Å². The summed E-state index contributed by atoms with van der Waals surface area (Å²) in [4.78, 5) is 28.4. The minimum Gasteiger partial charge on any atom is -0.511 e. The predicted octanol–water partition coefficient (Wildman–Crippen LogP) is 5.38. The Kier molecular flexibility index (Phi) is 7.55. The molecule has 1 heterocycles. The van der Waals surface area contributed by atoms with Gasteiger partial charge in [0.1, 0.15) is 11.7 Å². The lowest BCUT2D eigenvalue weighted by Gasteiger charge is -2.45. The fourth-order valence-electron chi connectivity index (χ4n) is 4.91. The SMILES string of the molecule is COC(=O)C1=C(O)C(C(=O)OC)C(c2ccc(C)cc2)N(Cc2ccccc2)C1c1ccc(C)cc1. The summed E-state index contributed by atoms with van der Waals surface area (Å²) in [7, 11) is 2.56. The Morgan fingerprint density at radius 2 is 1.36 bits per heavy atom. The number of carbonyl (C=O) groups is 2. The molecule has 0 fully saturated rings. The minimum absolute atomic E-state index is 0.0380. The molecule has 0 bridgehead atoms. The Morgan fingerprint density at radius 3 is 1.89 bits per heavy atom. The van der Waals surface area contributed by atoms with E-state index in [1.165, 1.54) is 14.2 Å². The first-order valence-corrected chi connectivity index (χ1v) is 11.9. The van der Waals surface area contributed by atoms with Gasteiger partial charge in [-0.25, -0.2) is 4.79 Å². The molecule has 1 aliphatic heterocycles. The van der Waals surface area contributed by atoms with Crippen molar-refractivity contribution in [3.05, 3.63) is 118 Å². The van der Waals surface area contributed by atoms with Crippen LogP contribution >= 0.6 is 0 Å². The van der Waals surface area contributed by atoms with E-state index in [0.717, 1.165) is 27.8 Å². The van der Waals surface area contributed by atoms with Crippen LogP contribution in [0.25, 0.3) is 0 Å². The molecule has 1 N–H and O–H groups in total. The highest BCUT2D eigenvalue weighted by Crippen LogP contribution is 2.49. The van der Waals surface area contributed by atoms with Crippen LogP contribution in [0.4, 0.5) is 0 Å². The molecular weight excluding hydrogens is 454 g/mol. The van der Waals surface area contributed by atoms with E-state index in [-0.39, 0.29) is 11.3 Å². The number of carbonyl (C=O) groups excluding carboxylic acids is 2. The third-order valence-electron chi connectivity index (χ3n) is 6.73. The highest BCUT2D eigenvalue weighted by atomic mass is 16.5. The van der Waals surface area contributed by atoms with Crippen molar-refractivity contribution < 1.29 is 24.2 Å². The Balaban J connectivity index is 2.02. The summed E-state index contributed by atoms with van der Waals surface area (Å²) >= 11 is 0. The van der Waals surface area contributed by atoms with E-state index in [0.29, 0.717) is 6.54 Å². The van der Waals surface area contributed by atoms with Gasteiger partial charge < -0.3 is 14.6 Å². The van der Waals surface area contributed by atoms with Crippen LogP contribution in [0, 0.1) is 19.8 Å². The Hall–Kier alpha value is -3.90. The van der Waals surface area contributed by atoms with Gasteiger partial charge in [-0.3, -0.25) is 9.69 Å². The molecule has 0 spiro atoms. The van der Waals surface area contributed by atoms with Crippen LogP contribution in [0.1, 0.15) is 39.9 Å². The molecule has 3 unspecified atom stereocenters. The third-order valence-corrected chi connectivity index (χ3v) is 6.73. The van der Waals surface area contributed by atoms with Crippen molar-refractivity contribution in [2.24, 2.45) is 5.92 Å². The molecule has 6 nitrogen and oxygen atoms in total.